The largest absolute Gasteiger partial charge is 0.480 e. The van der Waals surface area contributed by atoms with Crippen LogP contribution in [-0.4, -0.2) is 51.1 Å². The first-order valence-electron chi connectivity index (χ1n) is 6.60. The number of hydrogen-bond acceptors (Lipinski definition) is 6. The molecule has 116 valence electrons. The molecule has 0 spiro atoms. The fourth-order valence-electron chi connectivity index (χ4n) is 2.55. The van der Waals surface area contributed by atoms with Crippen LogP contribution in [0.5, 0.6) is 0 Å². The Morgan fingerprint density at radius 2 is 2.19 bits per heavy atom. The lowest BCUT2D eigenvalue weighted by Gasteiger charge is -2.47. The smallest absolute Gasteiger partial charge is 0.333 e. The SMILES string of the molecule is CCn1nc(C)c([N+](=O)[O-])c1N1CC(C)(OCC(=O)O)C1. The van der Waals surface area contributed by atoms with E-state index in [4.69, 9.17) is 9.84 Å². The van der Waals surface area contributed by atoms with Gasteiger partial charge in [0.2, 0.25) is 5.82 Å². The summed E-state index contributed by atoms with van der Waals surface area (Å²) in [6.07, 6.45) is 0. The van der Waals surface area contributed by atoms with E-state index in [2.05, 4.69) is 5.10 Å². The van der Waals surface area contributed by atoms with Gasteiger partial charge in [-0.05, 0) is 20.8 Å². The second-order valence-corrected chi connectivity index (χ2v) is 5.32. The van der Waals surface area contributed by atoms with Crippen LogP contribution < -0.4 is 4.90 Å². The maximum Gasteiger partial charge on any atom is 0.333 e. The van der Waals surface area contributed by atoms with Crippen molar-refractivity contribution in [3.63, 3.8) is 0 Å². The van der Waals surface area contributed by atoms with Gasteiger partial charge in [-0.3, -0.25) is 10.1 Å². The summed E-state index contributed by atoms with van der Waals surface area (Å²) in [6.45, 7) is 6.19. The van der Waals surface area contributed by atoms with Gasteiger partial charge < -0.3 is 14.7 Å². The van der Waals surface area contributed by atoms with Crippen molar-refractivity contribution in [1.29, 1.82) is 0 Å². The lowest BCUT2D eigenvalue weighted by molar-refractivity contribution is -0.384. The second kappa shape index (κ2) is 5.32. The van der Waals surface area contributed by atoms with Crippen LogP contribution in [0.25, 0.3) is 0 Å². The maximum atomic E-state index is 11.2. The first-order valence-corrected chi connectivity index (χ1v) is 6.60. The van der Waals surface area contributed by atoms with Crippen molar-refractivity contribution < 1.29 is 19.6 Å². The molecule has 0 amide bonds. The van der Waals surface area contributed by atoms with Crippen molar-refractivity contribution in [1.82, 2.24) is 9.78 Å². The van der Waals surface area contributed by atoms with Crippen molar-refractivity contribution in [3.05, 3.63) is 15.8 Å². The van der Waals surface area contributed by atoms with Crippen LogP contribution in [0.2, 0.25) is 0 Å². The minimum Gasteiger partial charge on any atom is -0.480 e. The predicted molar refractivity (Wildman–Crippen MR) is 73.5 cm³/mol. The van der Waals surface area contributed by atoms with E-state index >= 15 is 0 Å². The van der Waals surface area contributed by atoms with E-state index in [9.17, 15) is 14.9 Å². The Kier molecular flexibility index (Phi) is 3.86. The molecule has 1 aliphatic rings. The van der Waals surface area contributed by atoms with E-state index in [1.807, 2.05) is 6.92 Å². The van der Waals surface area contributed by atoms with Crippen molar-refractivity contribution in [3.8, 4) is 0 Å². The van der Waals surface area contributed by atoms with Gasteiger partial charge in [0.05, 0.1) is 18.0 Å². The molecule has 2 rings (SSSR count). The average molecular weight is 298 g/mol. The number of aliphatic carboxylic acids is 1. The van der Waals surface area contributed by atoms with Crippen molar-refractivity contribution >= 4 is 17.5 Å². The molecule has 1 aromatic heterocycles. The van der Waals surface area contributed by atoms with Crippen LogP contribution in [0.1, 0.15) is 19.5 Å². The molecule has 0 aliphatic carbocycles. The van der Waals surface area contributed by atoms with E-state index < -0.39 is 16.5 Å². The summed E-state index contributed by atoms with van der Waals surface area (Å²) in [4.78, 5) is 23.1. The summed E-state index contributed by atoms with van der Waals surface area (Å²) in [6, 6.07) is 0. The number of hydrogen-bond donors (Lipinski definition) is 1. The zero-order valence-electron chi connectivity index (χ0n) is 12.2. The zero-order valence-corrected chi connectivity index (χ0v) is 12.2. The van der Waals surface area contributed by atoms with Gasteiger partial charge in [0, 0.05) is 6.54 Å². The quantitative estimate of drug-likeness (QED) is 0.610. The highest BCUT2D eigenvalue weighted by atomic mass is 16.6. The zero-order chi connectivity index (χ0) is 15.8. The normalized spacial score (nSPS) is 16.6. The molecule has 0 radical (unpaired) electrons. The number of nitro groups is 1. The molecule has 0 saturated carbocycles. The first kappa shape index (κ1) is 15.2. The highest BCUT2D eigenvalue weighted by Crippen LogP contribution is 2.38. The summed E-state index contributed by atoms with van der Waals surface area (Å²) < 4.78 is 6.91. The summed E-state index contributed by atoms with van der Waals surface area (Å²) in [5.41, 5.74) is -0.239. The lowest BCUT2D eigenvalue weighted by atomic mass is 9.96. The number of carbonyl (C=O) groups is 1. The Bertz CT molecular complexity index is 576. The lowest BCUT2D eigenvalue weighted by Crippen LogP contribution is -2.62. The second-order valence-electron chi connectivity index (χ2n) is 5.32. The van der Waals surface area contributed by atoms with Gasteiger partial charge in [-0.15, -0.1) is 0 Å². The molecule has 1 aromatic rings. The van der Waals surface area contributed by atoms with Gasteiger partial charge >= 0.3 is 11.7 Å². The topological polar surface area (TPSA) is 111 Å². The summed E-state index contributed by atoms with van der Waals surface area (Å²) in [7, 11) is 0. The fraction of sp³-hybridized carbons (Fsp3) is 0.667. The number of carboxylic acids is 1. The van der Waals surface area contributed by atoms with Crippen LogP contribution >= 0.6 is 0 Å². The number of nitrogens with zero attached hydrogens (tertiary/aromatic N) is 4. The third-order valence-electron chi connectivity index (χ3n) is 3.45. The number of aromatic nitrogens is 2. The molecule has 9 heteroatoms. The van der Waals surface area contributed by atoms with Crippen LogP contribution in [0.4, 0.5) is 11.5 Å². The summed E-state index contributed by atoms with van der Waals surface area (Å²) in [5, 5.41) is 24.0. The van der Waals surface area contributed by atoms with E-state index in [0.29, 0.717) is 31.1 Å². The fourth-order valence-corrected chi connectivity index (χ4v) is 2.55. The maximum absolute atomic E-state index is 11.2. The molecule has 1 aliphatic heterocycles. The van der Waals surface area contributed by atoms with Gasteiger partial charge in [0.1, 0.15) is 17.9 Å². The standard InChI is InChI=1S/C12H18N4O5/c1-4-15-11(10(16(19)20)8(2)13-15)14-6-12(3,7-14)21-5-9(17)18/h4-7H2,1-3H3,(H,17,18). The molecule has 1 saturated heterocycles. The molecule has 0 aromatic carbocycles. The number of rotatable bonds is 6. The molecular weight excluding hydrogens is 280 g/mol. The van der Waals surface area contributed by atoms with Crippen LogP contribution in [0.15, 0.2) is 0 Å². The van der Waals surface area contributed by atoms with Gasteiger partial charge in [0.15, 0.2) is 0 Å². The number of ether oxygens (including phenoxy) is 1. The predicted octanol–water partition coefficient (Wildman–Crippen LogP) is 0.800. The summed E-state index contributed by atoms with van der Waals surface area (Å²) >= 11 is 0. The highest BCUT2D eigenvalue weighted by molar-refractivity contribution is 5.68. The molecule has 9 nitrogen and oxygen atoms in total. The molecule has 2 heterocycles. The Morgan fingerprint density at radius 1 is 1.57 bits per heavy atom. The Morgan fingerprint density at radius 3 is 2.67 bits per heavy atom. The van der Waals surface area contributed by atoms with E-state index in [1.54, 1.807) is 23.4 Å². The molecule has 0 atom stereocenters. The molecule has 1 N–H and O–H groups in total. The monoisotopic (exact) mass is 298 g/mol. The molecule has 21 heavy (non-hydrogen) atoms. The van der Waals surface area contributed by atoms with Crippen LogP contribution in [0.3, 0.4) is 0 Å². The van der Waals surface area contributed by atoms with Gasteiger partial charge in [-0.2, -0.15) is 5.10 Å². The number of carboxylic acid groups (broad SMARTS) is 1. The number of aryl methyl sites for hydroxylation is 2. The minimum atomic E-state index is -1.03. The van der Waals surface area contributed by atoms with Crippen LogP contribution in [-0.2, 0) is 16.1 Å². The van der Waals surface area contributed by atoms with E-state index in [0.717, 1.165) is 0 Å². The minimum absolute atomic E-state index is 0.00265. The average Bonchev–Trinajstić information content (AvgIpc) is 2.69. The van der Waals surface area contributed by atoms with Crippen LogP contribution in [0, 0.1) is 17.0 Å². The molecule has 0 bridgehead atoms. The highest BCUT2D eigenvalue weighted by Gasteiger charge is 2.44. The molecule has 1 fully saturated rings. The third-order valence-corrected chi connectivity index (χ3v) is 3.45. The number of anilines is 1. The summed E-state index contributed by atoms with van der Waals surface area (Å²) in [5.74, 6) is -0.577. The van der Waals surface area contributed by atoms with E-state index in [1.165, 1.54) is 0 Å². The first-order chi connectivity index (χ1) is 9.77. The molecule has 0 unspecified atom stereocenters. The van der Waals surface area contributed by atoms with Crippen molar-refractivity contribution in [2.75, 3.05) is 24.6 Å². The van der Waals surface area contributed by atoms with E-state index in [-0.39, 0.29) is 12.3 Å². The Labute approximate surface area is 121 Å². The third kappa shape index (κ3) is 2.82. The molecular formula is C12H18N4O5. The van der Waals surface area contributed by atoms with Crippen molar-refractivity contribution in [2.45, 2.75) is 32.9 Å². The van der Waals surface area contributed by atoms with Crippen molar-refractivity contribution in [2.24, 2.45) is 0 Å². The van der Waals surface area contributed by atoms with Gasteiger partial charge in [-0.25, -0.2) is 9.48 Å². The Balaban J connectivity index is 2.18. The van der Waals surface area contributed by atoms with Gasteiger partial charge in [-0.1, -0.05) is 0 Å². The Hall–Kier alpha value is -2.16. The van der Waals surface area contributed by atoms with Gasteiger partial charge in [0.25, 0.3) is 0 Å².